The molecule has 0 aromatic carbocycles. The first-order chi connectivity index (χ1) is 6.75. The number of hydrogen-bond donors (Lipinski definition) is 1. The standard InChI is InChI=1S/C11H14BrNO/c12-9-3-5-10(6-4-9)13-7-11(14)8-1-2-8/h3,5,8,13H,1-2,4,6-7H2. The summed E-state index contributed by atoms with van der Waals surface area (Å²) >= 11 is 3.45. The number of carbonyl (C=O) groups excluding carboxylic acids is 1. The molecule has 0 amide bonds. The Labute approximate surface area is 92.6 Å². The monoisotopic (exact) mass is 255 g/mol. The van der Waals surface area contributed by atoms with Crippen molar-refractivity contribution in [2.45, 2.75) is 25.7 Å². The van der Waals surface area contributed by atoms with Crippen LogP contribution in [0.15, 0.2) is 22.3 Å². The van der Waals surface area contributed by atoms with E-state index in [1.807, 2.05) is 12.2 Å². The summed E-state index contributed by atoms with van der Waals surface area (Å²) in [5.74, 6) is 0.744. The lowest BCUT2D eigenvalue weighted by Crippen LogP contribution is -2.24. The molecule has 0 aromatic rings. The molecular formula is C11H14BrNO. The van der Waals surface area contributed by atoms with Gasteiger partial charge in [0.05, 0.1) is 6.54 Å². The second-order valence-electron chi connectivity index (χ2n) is 3.90. The third-order valence-electron chi connectivity index (χ3n) is 2.62. The number of nitrogens with one attached hydrogen (secondary N) is 1. The molecule has 0 radical (unpaired) electrons. The summed E-state index contributed by atoms with van der Waals surface area (Å²) in [5, 5.41) is 3.21. The molecule has 1 fully saturated rings. The summed E-state index contributed by atoms with van der Waals surface area (Å²) in [5.41, 5.74) is 1.18. The van der Waals surface area contributed by atoms with Crippen LogP contribution in [0, 0.1) is 5.92 Å². The van der Waals surface area contributed by atoms with E-state index in [4.69, 9.17) is 0 Å². The van der Waals surface area contributed by atoms with E-state index in [0.29, 0.717) is 18.2 Å². The van der Waals surface area contributed by atoms with Gasteiger partial charge >= 0.3 is 0 Å². The Balaban J connectivity index is 1.77. The molecule has 0 aliphatic heterocycles. The molecular weight excluding hydrogens is 242 g/mol. The summed E-state index contributed by atoms with van der Waals surface area (Å²) in [6, 6.07) is 0. The van der Waals surface area contributed by atoms with Gasteiger partial charge in [-0.2, -0.15) is 0 Å². The molecule has 76 valence electrons. The van der Waals surface area contributed by atoms with E-state index in [1.54, 1.807) is 0 Å². The maximum atomic E-state index is 11.4. The third-order valence-corrected chi connectivity index (χ3v) is 3.28. The van der Waals surface area contributed by atoms with Crippen LogP contribution in [0.2, 0.25) is 0 Å². The Morgan fingerprint density at radius 1 is 1.43 bits per heavy atom. The highest BCUT2D eigenvalue weighted by Gasteiger charge is 2.28. The summed E-state index contributed by atoms with van der Waals surface area (Å²) < 4.78 is 1.23. The minimum atomic E-state index is 0.369. The molecule has 1 N–H and O–H groups in total. The fourth-order valence-electron chi connectivity index (χ4n) is 1.51. The second-order valence-corrected chi connectivity index (χ2v) is 4.92. The topological polar surface area (TPSA) is 29.1 Å². The van der Waals surface area contributed by atoms with Gasteiger partial charge in [0.25, 0.3) is 0 Å². The van der Waals surface area contributed by atoms with E-state index in [9.17, 15) is 4.79 Å². The van der Waals surface area contributed by atoms with E-state index < -0.39 is 0 Å². The normalized spacial score (nSPS) is 21.2. The van der Waals surface area contributed by atoms with Gasteiger partial charge in [-0.25, -0.2) is 0 Å². The Morgan fingerprint density at radius 2 is 2.21 bits per heavy atom. The predicted molar refractivity (Wildman–Crippen MR) is 60.1 cm³/mol. The van der Waals surface area contributed by atoms with Crippen molar-refractivity contribution in [3.05, 3.63) is 22.3 Å². The van der Waals surface area contributed by atoms with Crippen molar-refractivity contribution >= 4 is 21.7 Å². The van der Waals surface area contributed by atoms with Crippen LogP contribution in [0.25, 0.3) is 0 Å². The van der Waals surface area contributed by atoms with Gasteiger partial charge in [-0.1, -0.05) is 22.0 Å². The van der Waals surface area contributed by atoms with Crippen LogP contribution < -0.4 is 5.32 Å². The summed E-state index contributed by atoms with van der Waals surface area (Å²) in [7, 11) is 0. The molecule has 0 bridgehead atoms. The first kappa shape index (κ1) is 9.97. The van der Waals surface area contributed by atoms with Crippen molar-refractivity contribution in [2.75, 3.05) is 6.54 Å². The molecule has 0 unspecified atom stereocenters. The maximum absolute atomic E-state index is 11.4. The van der Waals surface area contributed by atoms with Crippen LogP contribution in [-0.4, -0.2) is 12.3 Å². The summed E-state index contributed by atoms with van der Waals surface area (Å²) in [6.07, 6.45) is 8.35. The number of allylic oxidation sites excluding steroid dienone is 4. The van der Waals surface area contributed by atoms with E-state index in [2.05, 4.69) is 21.2 Å². The van der Waals surface area contributed by atoms with Crippen molar-refractivity contribution in [3.8, 4) is 0 Å². The Morgan fingerprint density at radius 3 is 2.79 bits per heavy atom. The number of hydrogen-bond acceptors (Lipinski definition) is 2. The molecule has 2 nitrogen and oxygen atoms in total. The van der Waals surface area contributed by atoms with Crippen LogP contribution in [0.1, 0.15) is 25.7 Å². The third kappa shape index (κ3) is 2.71. The zero-order valence-electron chi connectivity index (χ0n) is 8.05. The summed E-state index contributed by atoms with van der Waals surface area (Å²) in [6.45, 7) is 0.516. The van der Waals surface area contributed by atoms with Crippen molar-refractivity contribution in [3.63, 3.8) is 0 Å². The average Bonchev–Trinajstić information content (AvgIpc) is 3.00. The number of rotatable bonds is 4. The zero-order chi connectivity index (χ0) is 9.97. The number of halogens is 1. The molecule has 0 spiro atoms. The molecule has 2 aliphatic rings. The minimum Gasteiger partial charge on any atom is -0.381 e. The van der Waals surface area contributed by atoms with Gasteiger partial charge in [0.1, 0.15) is 0 Å². The second kappa shape index (κ2) is 4.30. The Bertz CT molecular complexity index is 302. The molecule has 2 aliphatic carbocycles. The van der Waals surface area contributed by atoms with E-state index >= 15 is 0 Å². The highest BCUT2D eigenvalue weighted by molar-refractivity contribution is 9.11. The average molecular weight is 256 g/mol. The van der Waals surface area contributed by atoms with Crippen LogP contribution in [0.4, 0.5) is 0 Å². The van der Waals surface area contributed by atoms with E-state index in [-0.39, 0.29) is 0 Å². The lowest BCUT2D eigenvalue weighted by atomic mass is 10.1. The first-order valence-electron chi connectivity index (χ1n) is 5.07. The lowest BCUT2D eigenvalue weighted by Gasteiger charge is -2.12. The van der Waals surface area contributed by atoms with Gasteiger partial charge in [0.15, 0.2) is 5.78 Å². The van der Waals surface area contributed by atoms with Crippen molar-refractivity contribution in [2.24, 2.45) is 5.92 Å². The zero-order valence-corrected chi connectivity index (χ0v) is 9.64. The minimum absolute atomic E-state index is 0.369. The van der Waals surface area contributed by atoms with Gasteiger partial charge in [-0.05, 0) is 36.2 Å². The number of carbonyl (C=O) groups is 1. The molecule has 14 heavy (non-hydrogen) atoms. The molecule has 0 aromatic heterocycles. The van der Waals surface area contributed by atoms with Crippen LogP contribution in [0.3, 0.4) is 0 Å². The van der Waals surface area contributed by atoms with Gasteiger partial charge < -0.3 is 5.32 Å². The van der Waals surface area contributed by atoms with Crippen LogP contribution >= 0.6 is 15.9 Å². The van der Waals surface area contributed by atoms with Crippen molar-refractivity contribution in [1.29, 1.82) is 0 Å². The first-order valence-corrected chi connectivity index (χ1v) is 5.87. The fraction of sp³-hybridized carbons (Fsp3) is 0.545. The smallest absolute Gasteiger partial charge is 0.154 e. The molecule has 2 rings (SSSR count). The SMILES string of the molecule is O=C(CNC1=CC=C(Br)CC1)C1CC1. The highest BCUT2D eigenvalue weighted by Crippen LogP contribution is 2.29. The lowest BCUT2D eigenvalue weighted by molar-refractivity contribution is -0.119. The molecule has 3 heteroatoms. The van der Waals surface area contributed by atoms with Gasteiger partial charge in [-0.15, -0.1) is 0 Å². The quantitative estimate of drug-likeness (QED) is 0.837. The van der Waals surface area contributed by atoms with E-state index in [0.717, 1.165) is 25.7 Å². The Kier molecular flexibility index (Phi) is 3.06. The fourth-order valence-corrected chi connectivity index (χ4v) is 1.84. The van der Waals surface area contributed by atoms with E-state index in [1.165, 1.54) is 10.2 Å². The maximum Gasteiger partial charge on any atom is 0.154 e. The number of ketones is 1. The Hall–Kier alpha value is -0.570. The van der Waals surface area contributed by atoms with Gasteiger partial charge in [0.2, 0.25) is 0 Å². The molecule has 0 atom stereocenters. The van der Waals surface area contributed by atoms with Crippen molar-refractivity contribution in [1.82, 2.24) is 5.32 Å². The summed E-state index contributed by atoms with van der Waals surface area (Å²) in [4.78, 5) is 11.4. The molecule has 0 saturated heterocycles. The van der Waals surface area contributed by atoms with Gasteiger partial charge in [0, 0.05) is 11.6 Å². The molecule has 1 saturated carbocycles. The molecule has 0 heterocycles. The van der Waals surface area contributed by atoms with Crippen LogP contribution in [-0.2, 0) is 4.79 Å². The van der Waals surface area contributed by atoms with Gasteiger partial charge in [-0.3, -0.25) is 4.79 Å². The highest BCUT2D eigenvalue weighted by atomic mass is 79.9. The largest absolute Gasteiger partial charge is 0.381 e. The van der Waals surface area contributed by atoms with Crippen LogP contribution in [0.5, 0.6) is 0 Å². The van der Waals surface area contributed by atoms with Crippen molar-refractivity contribution < 1.29 is 4.79 Å². The number of Topliss-reactive ketones (excluding diaryl/α,β-unsaturated/α-hetero) is 1. The predicted octanol–water partition coefficient (Wildman–Crippen LogP) is 2.51.